The molecule has 1 saturated heterocycles. The molecule has 0 spiro atoms. The Morgan fingerprint density at radius 1 is 1.19 bits per heavy atom. The first-order valence-electron chi connectivity index (χ1n) is 8.70. The van der Waals surface area contributed by atoms with Crippen molar-refractivity contribution in [3.8, 4) is 0 Å². The Morgan fingerprint density at radius 2 is 2.00 bits per heavy atom. The van der Waals surface area contributed by atoms with Crippen LogP contribution in [0.1, 0.15) is 68.9 Å². The molecule has 0 amide bonds. The van der Waals surface area contributed by atoms with Crippen molar-refractivity contribution >= 4 is 16.5 Å². The van der Waals surface area contributed by atoms with Crippen LogP contribution in [0, 0.1) is 5.92 Å². The summed E-state index contributed by atoms with van der Waals surface area (Å²) in [6.07, 6.45) is 8.07. The third-order valence-electron chi connectivity index (χ3n) is 5.19. The third-order valence-corrected chi connectivity index (χ3v) is 6.30. The molecule has 3 aliphatic rings. The van der Waals surface area contributed by atoms with Gasteiger partial charge in [0.05, 0.1) is 5.69 Å². The van der Waals surface area contributed by atoms with E-state index in [2.05, 4.69) is 24.1 Å². The van der Waals surface area contributed by atoms with E-state index >= 15 is 0 Å². The second-order valence-corrected chi connectivity index (χ2v) is 8.47. The minimum absolute atomic E-state index is 0.649. The normalized spacial score (nSPS) is 29.9. The number of thiazole rings is 1. The molecule has 116 valence electrons. The van der Waals surface area contributed by atoms with Crippen molar-refractivity contribution in [2.24, 2.45) is 5.92 Å². The number of nitrogens with one attached hydrogen (secondary N) is 1. The molecule has 21 heavy (non-hydrogen) atoms. The summed E-state index contributed by atoms with van der Waals surface area (Å²) < 4.78 is 0. The van der Waals surface area contributed by atoms with Crippen LogP contribution in [0.15, 0.2) is 0 Å². The van der Waals surface area contributed by atoms with Gasteiger partial charge in [0.15, 0.2) is 5.13 Å². The van der Waals surface area contributed by atoms with E-state index in [0.717, 1.165) is 24.4 Å². The molecule has 2 saturated carbocycles. The number of aromatic nitrogens is 1. The average Bonchev–Trinajstić information content (AvgIpc) is 3.36. The zero-order chi connectivity index (χ0) is 14.4. The minimum Gasteiger partial charge on any atom is -0.345 e. The van der Waals surface area contributed by atoms with E-state index in [1.54, 1.807) is 0 Å². The maximum Gasteiger partial charge on any atom is 0.186 e. The fourth-order valence-corrected chi connectivity index (χ4v) is 4.72. The van der Waals surface area contributed by atoms with Crippen molar-refractivity contribution < 1.29 is 0 Å². The quantitative estimate of drug-likeness (QED) is 0.894. The van der Waals surface area contributed by atoms with Crippen LogP contribution >= 0.6 is 11.3 Å². The van der Waals surface area contributed by atoms with Gasteiger partial charge in [0.2, 0.25) is 0 Å². The molecule has 3 fully saturated rings. The standard InChI is InChI=1S/C17H27N3S/c1-11-7-8-20(12(2)9-11)17-19-16(13-3-4-13)15(21-17)10-18-14-5-6-14/h11-14,18H,3-10H2,1-2H3. The van der Waals surface area contributed by atoms with Crippen LogP contribution in [-0.2, 0) is 6.54 Å². The maximum atomic E-state index is 5.07. The Kier molecular flexibility index (Phi) is 3.70. The number of nitrogens with zero attached hydrogens (tertiary/aromatic N) is 2. The summed E-state index contributed by atoms with van der Waals surface area (Å²) in [5.74, 6) is 1.64. The Balaban J connectivity index is 1.52. The van der Waals surface area contributed by atoms with Gasteiger partial charge in [0.1, 0.15) is 0 Å². The molecule has 4 heteroatoms. The summed E-state index contributed by atoms with van der Waals surface area (Å²) in [5.41, 5.74) is 1.42. The van der Waals surface area contributed by atoms with Gasteiger partial charge in [-0.15, -0.1) is 11.3 Å². The molecule has 2 unspecified atom stereocenters. The lowest BCUT2D eigenvalue weighted by Gasteiger charge is -2.36. The van der Waals surface area contributed by atoms with E-state index in [-0.39, 0.29) is 0 Å². The average molecular weight is 305 g/mol. The number of rotatable bonds is 5. The topological polar surface area (TPSA) is 28.2 Å². The van der Waals surface area contributed by atoms with Gasteiger partial charge in [-0.1, -0.05) is 6.92 Å². The van der Waals surface area contributed by atoms with E-state index in [9.17, 15) is 0 Å². The second kappa shape index (κ2) is 5.54. The highest BCUT2D eigenvalue weighted by atomic mass is 32.1. The van der Waals surface area contributed by atoms with Crippen LogP contribution in [0.4, 0.5) is 5.13 Å². The molecule has 1 aromatic rings. The molecule has 0 aromatic carbocycles. The largest absolute Gasteiger partial charge is 0.345 e. The summed E-state index contributed by atoms with van der Waals surface area (Å²) in [5, 5.41) is 4.98. The highest BCUT2D eigenvalue weighted by molar-refractivity contribution is 7.15. The van der Waals surface area contributed by atoms with Crippen molar-refractivity contribution in [1.29, 1.82) is 0 Å². The van der Waals surface area contributed by atoms with Crippen molar-refractivity contribution in [2.75, 3.05) is 11.4 Å². The molecular weight excluding hydrogens is 278 g/mol. The smallest absolute Gasteiger partial charge is 0.186 e. The second-order valence-electron chi connectivity index (χ2n) is 7.41. The maximum absolute atomic E-state index is 5.07. The molecule has 2 atom stereocenters. The third kappa shape index (κ3) is 3.11. The first kappa shape index (κ1) is 14.0. The van der Waals surface area contributed by atoms with Crippen LogP contribution in [0.3, 0.4) is 0 Å². The molecule has 3 nitrogen and oxygen atoms in total. The molecule has 1 aliphatic heterocycles. The Hall–Kier alpha value is -0.610. The first-order chi connectivity index (χ1) is 10.2. The van der Waals surface area contributed by atoms with Crippen LogP contribution in [0.2, 0.25) is 0 Å². The first-order valence-corrected chi connectivity index (χ1v) is 9.52. The molecule has 1 aromatic heterocycles. The van der Waals surface area contributed by atoms with Gasteiger partial charge >= 0.3 is 0 Å². The molecule has 1 N–H and O–H groups in total. The lowest BCUT2D eigenvalue weighted by Crippen LogP contribution is -2.40. The number of piperidine rings is 1. The SMILES string of the molecule is CC1CCN(c2nc(C3CC3)c(CNC3CC3)s2)C(C)C1. The summed E-state index contributed by atoms with van der Waals surface area (Å²) >= 11 is 1.96. The lowest BCUT2D eigenvalue weighted by molar-refractivity contribution is 0.377. The molecule has 2 aliphatic carbocycles. The van der Waals surface area contributed by atoms with Crippen LogP contribution in [0.25, 0.3) is 0 Å². The molecule has 0 bridgehead atoms. The van der Waals surface area contributed by atoms with Crippen LogP contribution < -0.4 is 10.2 Å². The summed E-state index contributed by atoms with van der Waals surface area (Å²) in [6.45, 7) is 6.99. The van der Waals surface area contributed by atoms with Gasteiger partial charge < -0.3 is 10.2 Å². The van der Waals surface area contributed by atoms with Gasteiger partial charge in [-0.2, -0.15) is 0 Å². The fourth-order valence-electron chi connectivity index (χ4n) is 3.49. The van der Waals surface area contributed by atoms with E-state index in [1.807, 2.05) is 11.3 Å². The lowest BCUT2D eigenvalue weighted by atomic mass is 9.94. The number of hydrogen-bond donors (Lipinski definition) is 1. The number of anilines is 1. The van der Waals surface area contributed by atoms with E-state index in [0.29, 0.717) is 6.04 Å². The van der Waals surface area contributed by atoms with Gasteiger partial charge in [0, 0.05) is 36.0 Å². The van der Waals surface area contributed by atoms with Crippen LogP contribution in [-0.4, -0.2) is 23.6 Å². The zero-order valence-corrected chi connectivity index (χ0v) is 14.1. The number of hydrogen-bond acceptors (Lipinski definition) is 4. The van der Waals surface area contributed by atoms with Gasteiger partial charge in [0.25, 0.3) is 0 Å². The fraction of sp³-hybridized carbons (Fsp3) is 0.824. The van der Waals surface area contributed by atoms with E-state index in [1.165, 1.54) is 60.8 Å². The van der Waals surface area contributed by atoms with E-state index in [4.69, 9.17) is 4.98 Å². The predicted octanol–water partition coefficient (Wildman–Crippen LogP) is 3.90. The van der Waals surface area contributed by atoms with Crippen LogP contribution in [0.5, 0.6) is 0 Å². The van der Waals surface area contributed by atoms with Gasteiger partial charge in [-0.05, 0) is 51.4 Å². The monoisotopic (exact) mass is 305 g/mol. The Labute approximate surface area is 132 Å². The Bertz CT molecular complexity index is 504. The molecule has 4 rings (SSSR count). The van der Waals surface area contributed by atoms with Crippen molar-refractivity contribution in [2.45, 2.75) is 76.9 Å². The van der Waals surface area contributed by atoms with Gasteiger partial charge in [-0.3, -0.25) is 0 Å². The zero-order valence-electron chi connectivity index (χ0n) is 13.3. The summed E-state index contributed by atoms with van der Waals surface area (Å²) in [6, 6.07) is 1.44. The van der Waals surface area contributed by atoms with Crippen molar-refractivity contribution in [3.05, 3.63) is 10.6 Å². The molecular formula is C17H27N3S. The van der Waals surface area contributed by atoms with E-state index < -0.39 is 0 Å². The Morgan fingerprint density at radius 3 is 2.67 bits per heavy atom. The van der Waals surface area contributed by atoms with Crippen molar-refractivity contribution in [1.82, 2.24) is 10.3 Å². The molecule has 0 radical (unpaired) electrons. The van der Waals surface area contributed by atoms with Crippen molar-refractivity contribution in [3.63, 3.8) is 0 Å². The summed E-state index contributed by atoms with van der Waals surface area (Å²) in [4.78, 5) is 9.16. The predicted molar refractivity (Wildman–Crippen MR) is 89.2 cm³/mol. The highest BCUT2D eigenvalue weighted by Gasteiger charge is 2.33. The summed E-state index contributed by atoms with van der Waals surface area (Å²) in [7, 11) is 0. The molecule has 2 heterocycles. The highest BCUT2D eigenvalue weighted by Crippen LogP contribution is 2.45. The van der Waals surface area contributed by atoms with Gasteiger partial charge in [-0.25, -0.2) is 4.98 Å². The minimum atomic E-state index is 0.649.